The van der Waals surface area contributed by atoms with Crippen LogP contribution in [0.2, 0.25) is 0 Å². The molecule has 0 spiro atoms. The van der Waals surface area contributed by atoms with Gasteiger partial charge in [0.2, 0.25) is 5.91 Å². The quantitative estimate of drug-likeness (QED) is 0.0273. The summed E-state index contributed by atoms with van der Waals surface area (Å²) < 4.78 is 16.4. The number of hydroxylamine groups is 1. The van der Waals surface area contributed by atoms with E-state index in [2.05, 4.69) is 90.6 Å². The average Bonchev–Trinajstić information content (AvgIpc) is 3.09. The van der Waals surface area contributed by atoms with Crippen LogP contribution >= 0.6 is 11.8 Å². The molecule has 0 saturated heterocycles. The third kappa shape index (κ3) is 44.5. The van der Waals surface area contributed by atoms with Crippen LogP contribution < -0.4 is 16.1 Å². The number of rotatable bonds is 24. The number of allylic oxidation sites excluding steroid dienone is 3. The zero-order valence-electron chi connectivity index (χ0n) is 59.6. The third-order valence-corrected chi connectivity index (χ3v) is 16.0. The molecular formula is C73H131N3O11S. The van der Waals surface area contributed by atoms with Crippen LogP contribution in [0.15, 0.2) is 36.5 Å². The summed E-state index contributed by atoms with van der Waals surface area (Å²) in [5.74, 6) is 1.09. The fourth-order valence-corrected chi connectivity index (χ4v) is 11.7. The number of Topliss-reactive ketones (excluding diaryl/α,β-unsaturated/α-hetero) is 3. The maximum Gasteiger partial charge on any atom is 0.431 e. The molecule has 6 atom stereocenters. The zero-order chi connectivity index (χ0) is 67.2. The van der Waals surface area contributed by atoms with Crippen molar-refractivity contribution in [3.8, 4) is 0 Å². The lowest BCUT2D eigenvalue weighted by molar-refractivity contribution is -0.132. The summed E-state index contributed by atoms with van der Waals surface area (Å²) in [4.78, 5) is 91.3. The van der Waals surface area contributed by atoms with E-state index in [1.807, 2.05) is 100 Å². The minimum absolute atomic E-state index is 0.0342. The Morgan fingerprint density at radius 3 is 1.18 bits per heavy atom. The summed E-state index contributed by atoms with van der Waals surface area (Å²) in [6.45, 7) is 42.1. The first-order chi connectivity index (χ1) is 40.9. The Bertz CT molecular complexity index is 2090. The summed E-state index contributed by atoms with van der Waals surface area (Å²) in [5.41, 5.74) is 1.42. The van der Waals surface area contributed by atoms with Gasteiger partial charge in [-0.2, -0.15) is 5.48 Å². The molecule has 3 amide bonds. The number of ketones is 3. The number of amides is 3. The van der Waals surface area contributed by atoms with E-state index in [-0.39, 0.29) is 98.2 Å². The van der Waals surface area contributed by atoms with Crippen LogP contribution in [0.4, 0.5) is 14.4 Å². The van der Waals surface area contributed by atoms with Gasteiger partial charge >= 0.3 is 17.5 Å². The lowest BCUT2D eigenvalue weighted by atomic mass is 9.74. The second kappa shape index (κ2) is 43.7. The highest BCUT2D eigenvalue weighted by molar-refractivity contribution is 8.13. The van der Waals surface area contributed by atoms with Crippen molar-refractivity contribution in [1.82, 2.24) is 16.1 Å². The summed E-state index contributed by atoms with van der Waals surface area (Å²) in [7, 11) is 0. The third-order valence-electron chi connectivity index (χ3n) is 15.1. The van der Waals surface area contributed by atoms with Gasteiger partial charge < -0.3 is 24.8 Å². The van der Waals surface area contributed by atoms with Gasteiger partial charge in [-0.15, -0.1) is 0 Å². The van der Waals surface area contributed by atoms with Crippen LogP contribution in [0.3, 0.4) is 0 Å². The average molecular weight is 1260 g/mol. The van der Waals surface area contributed by atoms with Crippen molar-refractivity contribution in [2.45, 2.75) is 311 Å². The van der Waals surface area contributed by atoms with Crippen molar-refractivity contribution in [1.29, 1.82) is 0 Å². The molecule has 0 aromatic heterocycles. The molecule has 0 aliphatic heterocycles. The van der Waals surface area contributed by atoms with E-state index in [1.54, 1.807) is 0 Å². The van der Waals surface area contributed by atoms with Gasteiger partial charge in [0.1, 0.15) is 35.7 Å². The van der Waals surface area contributed by atoms with Gasteiger partial charge in [0, 0.05) is 52.8 Å². The smallest absolute Gasteiger partial charge is 0.431 e. The zero-order valence-corrected chi connectivity index (χ0v) is 60.4. The maximum absolute atomic E-state index is 12.8. The van der Waals surface area contributed by atoms with Crippen molar-refractivity contribution in [3.63, 3.8) is 0 Å². The van der Waals surface area contributed by atoms with Gasteiger partial charge in [-0.1, -0.05) is 189 Å². The highest BCUT2D eigenvalue weighted by Crippen LogP contribution is 2.36. The molecule has 3 N–H and O–H groups in total. The fraction of sp³-hybridized carbons (Fsp3) is 0.822. The van der Waals surface area contributed by atoms with Crippen LogP contribution in [0, 0.1) is 50.2 Å². The molecule has 0 fully saturated rings. The normalized spacial score (nSPS) is 19.9. The molecule has 0 aromatic carbocycles. The molecule has 0 heterocycles. The molecule has 15 heteroatoms. The number of nitrogens with one attached hydrogen (secondary N) is 3. The van der Waals surface area contributed by atoms with Gasteiger partial charge in [-0.05, 0) is 168 Å². The number of hydrogen-bond acceptors (Lipinski definition) is 12. The largest absolute Gasteiger partial charge is 0.450 e. The SMILES string of the molecule is CC.CC(C)(C)C[C@H](CCCCNC(=O)CONC(=O)OC1/C=C/CCCCC1)C(=O)C(C)(C)C.CC(C)(C)C[C@H](CCCCNC(=O)OC1/C=C/CCCCC1)C(=O)C(C)(C)C.CC(C)(C)C[C@H](CSC(=O)OC1/C=C/CCCCC1)C(=O)C(C)(C)C. The topological polar surface area (TPSA) is 192 Å². The first-order valence-corrected chi connectivity index (χ1v) is 35.1. The Kier molecular flexibility index (Phi) is 41.7. The van der Waals surface area contributed by atoms with E-state index in [9.17, 15) is 33.6 Å². The number of thioether (sulfide) groups is 1. The van der Waals surface area contributed by atoms with Crippen molar-refractivity contribution in [2.24, 2.45) is 50.2 Å². The van der Waals surface area contributed by atoms with Crippen LogP contribution in [-0.2, 0) is 38.2 Å². The molecule has 3 aliphatic rings. The summed E-state index contributed by atoms with van der Waals surface area (Å²) in [6, 6.07) is 0. The fourth-order valence-electron chi connectivity index (χ4n) is 10.9. The Morgan fingerprint density at radius 1 is 0.443 bits per heavy atom. The molecule has 0 aromatic rings. The number of carbonyl (C=O) groups excluding carboxylic acids is 7. The van der Waals surface area contributed by atoms with E-state index < -0.39 is 6.09 Å². The number of unbranched alkanes of at least 4 members (excludes halogenated alkanes) is 2. The van der Waals surface area contributed by atoms with Gasteiger partial charge in [-0.3, -0.25) is 24.0 Å². The van der Waals surface area contributed by atoms with Gasteiger partial charge in [0.25, 0.3) is 0 Å². The van der Waals surface area contributed by atoms with Gasteiger partial charge in [0.15, 0.2) is 6.61 Å². The van der Waals surface area contributed by atoms with Gasteiger partial charge in [0.05, 0.1) is 0 Å². The summed E-state index contributed by atoms with van der Waals surface area (Å²) >= 11 is 1.16. The Labute approximate surface area is 541 Å². The molecule has 88 heavy (non-hydrogen) atoms. The Morgan fingerprint density at radius 2 is 0.795 bits per heavy atom. The Balaban J connectivity index is 0.00000128. The lowest BCUT2D eigenvalue weighted by Gasteiger charge is -2.30. The molecular weight excluding hydrogens is 1130 g/mol. The molecule has 14 nitrogen and oxygen atoms in total. The number of hydrogen-bond donors (Lipinski definition) is 3. The number of ether oxygens (including phenoxy) is 3. The first kappa shape index (κ1) is 84.0. The van der Waals surface area contributed by atoms with Gasteiger partial charge in [-0.25, -0.2) is 14.4 Å². The van der Waals surface area contributed by atoms with Crippen molar-refractivity contribution >= 4 is 52.5 Å². The van der Waals surface area contributed by atoms with E-state index in [4.69, 9.17) is 19.0 Å². The van der Waals surface area contributed by atoms with Crippen molar-refractivity contribution < 1.29 is 52.6 Å². The molecule has 3 unspecified atom stereocenters. The molecule has 510 valence electrons. The Hall–Kier alpha value is -3.98. The molecule has 0 saturated carbocycles. The standard InChI is InChI=1S/C26H46N2O5.C24H43NO3.C21H36O3S.C2H6/c1-25(2,3)18-20(23(30)26(4,5)6)14-12-13-17-27-22(29)19-32-28-24(31)33-21-15-10-8-7-9-11-16-21;1-23(2,3)18-19(21(26)24(4,5)6)14-12-13-17-25-22(27)28-20-15-10-8-7-9-11-16-20;1-20(2,3)14-16(18(22)21(4,5)6)15-25-19(23)24-17-12-10-8-7-9-11-13-17;1-2/h10,15,20-21H,7-9,11-14,16-19H2,1-6H3,(H,27,29)(H,28,31);10,15,19-20H,7-9,11-14,16-18H2,1-6H3,(H,25,27);10,12,16-17H,7-9,11,13-15H2,1-6H3;1-2H3/b2*15-10+;12-10+;/t20-,21?;19-,20?;16-,17?;/m001./s1. The van der Waals surface area contributed by atoms with Crippen molar-refractivity contribution in [3.05, 3.63) is 36.5 Å². The van der Waals surface area contributed by atoms with E-state index >= 15 is 0 Å². The predicted octanol–water partition coefficient (Wildman–Crippen LogP) is 19.4. The summed E-state index contributed by atoms with van der Waals surface area (Å²) in [5, 5.41) is 5.40. The second-order valence-electron chi connectivity index (χ2n) is 31.2. The van der Waals surface area contributed by atoms with Crippen LogP contribution in [0.5, 0.6) is 0 Å². The van der Waals surface area contributed by atoms with Crippen LogP contribution in [0.1, 0.15) is 293 Å². The van der Waals surface area contributed by atoms with E-state index in [1.165, 1.54) is 32.1 Å². The second-order valence-corrected chi connectivity index (χ2v) is 32.1. The number of alkyl carbamates (subject to hydrolysis) is 1. The highest BCUT2D eigenvalue weighted by atomic mass is 32.2. The molecule has 0 radical (unpaired) electrons. The first-order valence-electron chi connectivity index (χ1n) is 34.1. The van der Waals surface area contributed by atoms with Crippen LogP contribution in [0.25, 0.3) is 0 Å². The van der Waals surface area contributed by atoms with Crippen LogP contribution in [-0.4, -0.2) is 84.5 Å². The minimum Gasteiger partial charge on any atom is -0.450 e. The monoisotopic (exact) mass is 1260 g/mol. The van der Waals surface area contributed by atoms with Crippen molar-refractivity contribution in [2.75, 3.05) is 25.4 Å². The molecule has 3 aliphatic carbocycles. The number of carbonyl (C=O) groups is 7. The predicted molar refractivity (Wildman–Crippen MR) is 365 cm³/mol. The highest BCUT2D eigenvalue weighted by Gasteiger charge is 2.35. The lowest BCUT2D eigenvalue weighted by Crippen LogP contribution is -2.35. The summed E-state index contributed by atoms with van der Waals surface area (Å²) in [6.07, 6.45) is 34.6. The minimum atomic E-state index is -0.688. The van der Waals surface area contributed by atoms with E-state index in [0.29, 0.717) is 30.4 Å². The van der Waals surface area contributed by atoms with E-state index in [0.717, 1.165) is 134 Å². The maximum atomic E-state index is 12.8. The molecule has 3 rings (SSSR count). The molecule has 0 bridgehead atoms.